The van der Waals surface area contributed by atoms with E-state index in [1.807, 2.05) is 0 Å². The van der Waals surface area contributed by atoms with Crippen molar-refractivity contribution in [3.63, 3.8) is 0 Å². The maximum atomic E-state index is 8.92. The molecule has 0 spiro atoms. The van der Waals surface area contributed by atoms with E-state index in [0.29, 0.717) is 4.90 Å². The van der Waals surface area contributed by atoms with Gasteiger partial charge in [0.15, 0.2) is 0 Å². The lowest BCUT2D eigenvalue weighted by atomic mass is 10.8. The van der Waals surface area contributed by atoms with Crippen molar-refractivity contribution in [1.82, 2.24) is 5.16 Å². The summed E-state index contributed by atoms with van der Waals surface area (Å²) >= 11 is 0. The van der Waals surface area contributed by atoms with Crippen molar-refractivity contribution in [2.75, 3.05) is 6.26 Å². The van der Waals surface area contributed by atoms with Gasteiger partial charge in [0.25, 0.3) is 0 Å². The molecule has 2 N–H and O–H groups in total. The van der Waals surface area contributed by atoms with Gasteiger partial charge in [-0.15, -0.1) is 0 Å². The SMILES string of the molecule is CS(O)(O)c1cnoc1. The van der Waals surface area contributed by atoms with E-state index in [2.05, 4.69) is 9.68 Å². The highest BCUT2D eigenvalue weighted by Crippen LogP contribution is 2.43. The first-order valence-corrected chi connectivity index (χ1v) is 4.19. The van der Waals surface area contributed by atoms with Gasteiger partial charge in [-0.2, -0.15) is 10.6 Å². The molecule has 9 heavy (non-hydrogen) atoms. The number of aromatic nitrogens is 1. The molecule has 0 aliphatic carbocycles. The van der Waals surface area contributed by atoms with Crippen LogP contribution >= 0.6 is 10.6 Å². The van der Waals surface area contributed by atoms with Gasteiger partial charge in [0.1, 0.15) is 11.2 Å². The maximum absolute atomic E-state index is 8.92. The van der Waals surface area contributed by atoms with Crippen molar-refractivity contribution in [3.8, 4) is 0 Å². The summed E-state index contributed by atoms with van der Waals surface area (Å²) in [7, 11) is -2.62. The fourth-order valence-corrected chi connectivity index (χ4v) is 0.854. The lowest BCUT2D eigenvalue weighted by Crippen LogP contribution is -1.91. The monoisotopic (exact) mass is 149 g/mol. The minimum absolute atomic E-state index is 0.336. The summed E-state index contributed by atoms with van der Waals surface area (Å²) in [6.07, 6.45) is 3.82. The Morgan fingerprint density at radius 3 is 2.56 bits per heavy atom. The zero-order valence-corrected chi connectivity index (χ0v) is 5.63. The quantitative estimate of drug-likeness (QED) is 0.633. The summed E-state index contributed by atoms with van der Waals surface area (Å²) in [5.74, 6) is 0. The van der Waals surface area contributed by atoms with Crippen molar-refractivity contribution in [2.24, 2.45) is 0 Å². The van der Waals surface area contributed by atoms with Crippen LogP contribution in [0.1, 0.15) is 0 Å². The molecule has 0 amide bonds. The Kier molecular flexibility index (Phi) is 1.48. The third-order valence-corrected chi connectivity index (χ3v) is 1.95. The Hall–Kier alpha value is -0.520. The molecule has 4 nitrogen and oxygen atoms in total. The number of hydrogen-bond acceptors (Lipinski definition) is 4. The van der Waals surface area contributed by atoms with Gasteiger partial charge in [0, 0.05) is 6.26 Å². The van der Waals surface area contributed by atoms with E-state index in [1.54, 1.807) is 0 Å². The summed E-state index contributed by atoms with van der Waals surface area (Å²) in [6.45, 7) is 0. The lowest BCUT2D eigenvalue weighted by Gasteiger charge is -2.23. The Morgan fingerprint density at radius 2 is 2.33 bits per heavy atom. The van der Waals surface area contributed by atoms with E-state index in [-0.39, 0.29) is 0 Å². The molecular formula is C4H7NO3S. The van der Waals surface area contributed by atoms with Gasteiger partial charge >= 0.3 is 0 Å². The summed E-state index contributed by atoms with van der Waals surface area (Å²) < 4.78 is 22.2. The van der Waals surface area contributed by atoms with Crippen molar-refractivity contribution in [2.45, 2.75) is 4.90 Å². The third kappa shape index (κ3) is 1.44. The first-order valence-electron chi connectivity index (χ1n) is 2.23. The smallest absolute Gasteiger partial charge is 0.146 e. The molecule has 0 unspecified atom stereocenters. The van der Waals surface area contributed by atoms with Gasteiger partial charge in [-0.05, 0) is 0 Å². The predicted octanol–water partition coefficient (Wildman–Crippen LogP) is 1.41. The van der Waals surface area contributed by atoms with E-state index in [1.165, 1.54) is 18.7 Å². The van der Waals surface area contributed by atoms with Crippen LogP contribution in [0.2, 0.25) is 0 Å². The van der Waals surface area contributed by atoms with Gasteiger partial charge < -0.3 is 4.52 Å². The average molecular weight is 149 g/mol. The lowest BCUT2D eigenvalue weighted by molar-refractivity contribution is 0.416. The van der Waals surface area contributed by atoms with E-state index in [0.717, 1.165) is 0 Å². The first kappa shape index (κ1) is 6.60. The molecule has 1 aromatic rings. The van der Waals surface area contributed by atoms with Gasteiger partial charge in [0.2, 0.25) is 0 Å². The fraction of sp³-hybridized carbons (Fsp3) is 0.250. The first-order chi connectivity index (χ1) is 4.11. The second kappa shape index (κ2) is 2.02. The molecule has 0 saturated carbocycles. The summed E-state index contributed by atoms with van der Waals surface area (Å²) in [5.41, 5.74) is 0. The second-order valence-electron chi connectivity index (χ2n) is 1.69. The van der Waals surface area contributed by atoms with Crippen LogP contribution in [0.5, 0.6) is 0 Å². The van der Waals surface area contributed by atoms with Gasteiger partial charge in [0.05, 0.1) is 6.20 Å². The molecule has 52 valence electrons. The molecule has 1 heterocycles. The van der Waals surface area contributed by atoms with Crippen molar-refractivity contribution < 1.29 is 13.6 Å². The second-order valence-corrected chi connectivity index (χ2v) is 3.83. The minimum Gasteiger partial charge on any atom is -0.363 e. The summed E-state index contributed by atoms with van der Waals surface area (Å²) in [5, 5.41) is 3.31. The molecule has 0 radical (unpaired) electrons. The zero-order chi connectivity index (χ0) is 6.91. The predicted molar refractivity (Wildman–Crippen MR) is 33.5 cm³/mol. The molecule has 0 atom stereocenters. The van der Waals surface area contributed by atoms with Crippen molar-refractivity contribution >= 4 is 10.6 Å². The molecule has 0 aliphatic rings. The van der Waals surface area contributed by atoms with E-state index < -0.39 is 10.6 Å². The molecule has 0 aliphatic heterocycles. The third-order valence-electron chi connectivity index (χ3n) is 0.856. The van der Waals surface area contributed by atoms with Crippen LogP contribution in [-0.4, -0.2) is 20.5 Å². The largest absolute Gasteiger partial charge is 0.363 e. The molecule has 0 aromatic carbocycles. The van der Waals surface area contributed by atoms with Crippen molar-refractivity contribution in [3.05, 3.63) is 12.5 Å². The molecule has 5 heteroatoms. The Labute approximate surface area is 53.8 Å². The van der Waals surface area contributed by atoms with Crippen LogP contribution in [0.15, 0.2) is 21.9 Å². The summed E-state index contributed by atoms with van der Waals surface area (Å²) in [4.78, 5) is 0.336. The van der Waals surface area contributed by atoms with Crippen LogP contribution < -0.4 is 0 Å². The van der Waals surface area contributed by atoms with Crippen LogP contribution in [0, 0.1) is 0 Å². The molecule has 1 rings (SSSR count). The fourth-order valence-electron chi connectivity index (χ4n) is 0.386. The van der Waals surface area contributed by atoms with Crippen LogP contribution in [0.25, 0.3) is 0 Å². The normalized spacial score (nSPS) is 13.7. The molecular weight excluding hydrogens is 142 g/mol. The van der Waals surface area contributed by atoms with Gasteiger partial charge in [-0.3, -0.25) is 9.11 Å². The maximum Gasteiger partial charge on any atom is 0.146 e. The topological polar surface area (TPSA) is 66.5 Å². The van der Waals surface area contributed by atoms with Crippen LogP contribution in [0.3, 0.4) is 0 Å². The van der Waals surface area contributed by atoms with Crippen molar-refractivity contribution in [1.29, 1.82) is 0 Å². The minimum atomic E-state index is -2.62. The highest BCUT2D eigenvalue weighted by Gasteiger charge is 2.09. The van der Waals surface area contributed by atoms with E-state index in [9.17, 15) is 0 Å². The summed E-state index contributed by atoms with van der Waals surface area (Å²) in [6, 6.07) is 0. The number of nitrogens with zero attached hydrogens (tertiary/aromatic N) is 1. The standard InChI is InChI=1S/C4H7NO3S/c1-9(6,7)4-2-5-8-3-4/h2-3,6-7H,1H3. The highest BCUT2D eigenvalue weighted by atomic mass is 32.3. The Morgan fingerprint density at radius 1 is 1.67 bits per heavy atom. The molecule has 0 saturated heterocycles. The van der Waals surface area contributed by atoms with Crippen LogP contribution in [-0.2, 0) is 0 Å². The molecule has 1 aromatic heterocycles. The van der Waals surface area contributed by atoms with E-state index >= 15 is 0 Å². The average Bonchev–Trinajstić information content (AvgIpc) is 2.08. The van der Waals surface area contributed by atoms with Gasteiger partial charge in [-0.1, -0.05) is 5.16 Å². The number of hydrogen-bond donors (Lipinski definition) is 2. The zero-order valence-electron chi connectivity index (χ0n) is 4.81. The Balaban J connectivity index is 2.90. The van der Waals surface area contributed by atoms with Gasteiger partial charge in [-0.25, -0.2) is 0 Å². The van der Waals surface area contributed by atoms with E-state index in [4.69, 9.17) is 9.11 Å². The number of rotatable bonds is 1. The Bertz CT molecular complexity index is 178. The highest BCUT2D eigenvalue weighted by molar-refractivity contribution is 8.23. The molecule has 0 fully saturated rings. The van der Waals surface area contributed by atoms with Crippen LogP contribution in [0.4, 0.5) is 0 Å². The molecule has 0 bridgehead atoms.